The van der Waals surface area contributed by atoms with E-state index in [1.165, 1.54) is 41.6 Å². The van der Waals surface area contributed by atoms with E-state index in [4.69, 9.17) is 0 Å². The maximum absolute atomic E-state index is 11.9. The Kier molecular flexibility index (Phi) is 5.68. The minimum atomic E-state index is -1.06. The lowest BCUT2D eigenvalue weighted by Gasteiger charge is -2.50. The maximum atomic E-state index is 11.9. The Morgan fingerprint density at radius 3 is 2.68 bits per heavy atom. The first kappa shape index (κ1) is 20.8. The lowest BCUT2D eigenvalue weighted by Crippen LogP contribution is -2.44. The number of halogens is 1. The molecule has 162 valence electrons. The van der Waals surface area contributed by atoms with Gasteiger partial charge in [0.05, 0.1) is 12.0 Å². The van der Waals surface area contributed by atoms with Gasteiger partial charge in [0, 0.05) is 22.6 Å². The zero-order chi connectivity index (χ0) is 21.5. The molecule has 0 saturated carbocycles. The van der Waals surface area contributed by atoms with Gasteiger partial charge in [0.25, 0.3) is 0 Å². The van der Waals surface area contributed by atoms with Gasteiger partial charge >= 0.3 is 0 Å². The number of aromatic carboxylic acids is 1. The summed E-state index contributed by atoms with van der Waals surface area (Å²) in [5.74, 6) is 0.0860. The van der Waals surface area contributed by atoms with Gasteiger partial charge in [-0.25, -0.2) is 0 Å². The highest BCUT2D eigenvalue weighted by Gasteiger charge is 2.45. The van der Waals surface area contributed by atoms with Crippen LogP contribution in [0.5, 0.6) is 0 Å². The molecule has 2 heterocycles. The van der Waals surface area contributed by atoms with Gasteiger partial charge in [-0.2, -0.15) is 0 Å². The van der Waals surface area contributed by atoms with Crippen molar-refractivity contribution in [2.75, 3.05) is 11.4 Å². The average molecular weight is 479 g/mol. The van der Waals surface area contributed by atoms with E-state index in [1.54, 1.807) is 0 Å². The van der Waals surface area contributed by atoms with Crippen molar-refractivity contribution >= 4 is 27.6 Å². The van der Waals surface area contributed by atoms with E-state index < -0.39 is 5.97 Å². The number of carbonyl (C=O) groups excluding carboxylic acids is 1. The predicted octanol–water partition coefficient (Wildman–Crippen LogP) is 6.10. The Morgan fingerprint density at radius 2 is 1.94 bits per heavy atom. The van der Waals surface area contributed by atoms with Gasteiger partial charge in [-0.3, -0.25) is 0 Å². The number of nitrogens with zero attached hydrogens (tertiary/aromatic N) is 1. The average Bonchev–Trinajstić information content (AvgIpc) is 3.26. The van der Waals surface area contributed by atoms with Crippen molar-refractivity contribution in [3.05, 3.63) is 75.3 Å². The second kappa shape index (κ2) is 8.46. The molecule has 2 aromatic carbocycles. The molecular formula is C27H29BrNO2-. The molecule has 1 aliphatic carbocycles. The third kappa shape index (κ3) is 3.63. The molecule has 0 aromatic heterocycles. The molecule has 2 aromatic rings. The lowest BCUT2D eigenvalue weighted by atomic mass is 9.71. The third-order valence-electron chi connectivity index (χ3n) is 7.53. The predicted molar refractivity (Wildman–Crippen MR) is 126 cm³/mol. The van der Waals surface area contributed by atoms with Crippen molar-refractivity contribution in [2.24, 2.45) is 5.92 Å². The molecule has 5 rings (SSSR count). The Hall–Kier alpha value is -2.07. The van der Waals surface area contributed by atoms with Crippen molar-refractivity contribution in [1.29, 1.82) is 0 Å². The number of carboxylic acid groups (broad SMARTS) is 1. The fourth-order valence-corrected chi connectivity index (χ4v) is 6.39. The largest absolute Gasteiger partial charge is 0.545 e. The Balaban J connectivity index is 1.64. The quantitative estimate of drug-likeness (QED) is 0.371. The molecule has 0 radical (unpaired) electrons. The van der Waals surface area contributed by atoms with E-state index in [9.17, 15) is 9.90 Å². The number of hydrogen-bond donors (Lipinski definition) is 0. The van der Waals surface area contributed by atoms with Gasteiger partial charge < -0.3 is 14.8 Å². The zero-order valence-corrected chi connectivity index (χ0v) is 19.6. The summed E-state index contributed by atoms with van der Waals surface area (Å²) in [6, 6.07) is 12.9. The van der Waals surface area contributed by atoms with E-state index in [-0.39, 0.29) is 5.92 Å². The number of anilines is 1. The molecule has 0 saturated heterocycles. The van der Waals surface area contributed by atoms with Crippen LogP contribution in [0.3, 0.4) is 0 Å². The van der Waals surface area contributed by atoms with Crippen LogP contribution in [0.25, 0.3) is 0 Å². The first-order valence-corrected chi connectivity index (χ1v) is 12.5. The van der Waals surface area contributed by atoms with Crippen LogP contribution >= 0.6 is 15.9 Å². The fourth-order valence-electron chi connectivity index (χ4n) is 6.13. The number of carbonyl (C=O) groups is 1. The summed E-state index contributed by atoms with van der Waals surface area (Å²) in [5, 5.41) is 11.9. The standard InChI is InChI=1S/C27H30BrNO2/c1-2-3-4-6-17-13-14-29-25(18-9-11-20(28)12-10-18)22-8-5-7-21(22)24-16-19(27(30)31)15-23(17)26(24)29/h5,7,9-12,15-17,21-22,25H,2-4,6,8,13-14H2,1H3,(H,30,31)/p-1/t17-,21+,22-,25-/m0/s1. The van der Waals surface area contributed by atoms with Crippen LogP contribution in [0.1, 0.15) is 90.4 Å². The van der Waals surface area contributed by atoms with Crippen LogP contribution < -0.4 is 10.0 Å². The van der Waals surface area contributed by atoms with Crippen LogP contribution in [-0.4, -0.2) is 12.5 Å². The molecule has 0 spiro atoms. The molecule has 0 N–H and O–H groups in total. The minimum Gasteiger partial charge on any atom is -0.545 e. The molecule has 31 heavy (non-hydrogen) atoms. The van der Waals surface area contributed by atoms with Crippen LogP contribution in [0.4, 0.5) is 5.69 Å². The van der Waals surface area contributed by atoms with Crippen LogP contribution in [0.15, 0.2) is 53.0 Å². The lowest BCUT2D eigenvalue weighted by molar-refractivity contribution is -0.255. The van der Waals surface area contributed by atoms with Crippen LogP contribution in [0, 0.1) is 5.92 Å². The Bertz CT molecular complexity index is 1010. The van der Waals surface area contributed by atoms with Gasteiger partial charge in [-0.15, -0.1) is 0 Å². The molecule has 0 bridgehead atoms. The third-order valence-corrected chi connectivity index (χ3v) is 8.06. The normalized spacial score (nSPS) is 25.9. The van der Waals surface area contributed by atoms with Gasteiger partial charge in [-0.1, -0.05) is 66.4 Å². The number of carboxylic acids is 1. The zero-order valence-electron chi connectivity index (χ0n) is 18.0. The first-order valence-electron chi connectivity index (χ1n) is 11.7. The summed E-state index contributed by atoms with van der Waals surface area (Å²) in [5.41, 5.74) is 5.44. The summed E-state index contributed by atoms with van der Waals surface area (Å²) >= 11 is 3.58. The first-order chi connectivity index (χ1) is 15.1. The summed E-state index contributed by atoms with van der Waals surface area (Å²) in [6.07, 6.45) is 11.5. The highest BCUT2D eigenvalue weighted by molar-refractivity contribution is 9.10. The van der Waals surface area contributed by atoms with Gasteiger partial charge in [0.1, 0.15) is 0 Å². The Morgan fingerprint density at radius 1 is 1.16 bits per heavy atom. The molecule has 0 amide bonds. The highest BCUT2D eigenvalue weighted by atomic mass is 79.9. The van der Waals surface area contributed by atoms with Crippen molar-refractivity contribution < 1.29 is 9.90 Å². The van der Waals surface area contributed by atoms with Crippen molar-refractivity contribution in [1.82, 2.24) is 0 Å². The van der Waals surface area contributed by atoms with Crippen molar-refractivity contribution in [2.45, 2.75) is 63.3 Å². The number of hydrogen-bond acceptors (Lipinski definition) is 3. The van der Waals surface area contributed by atoms with E-state index >= 15 is 0 Å². The maximum Gasteiger partial charge on any atom is 0.0715 e. The summed E-state index contributed by atoms with van der Waals surface area (Å²) in [6.45, 7) is 3.27. The molecule has 3 aliphatic rings. The van der Waals surface area contributed by atoms with Crippen molar-refractivity contribution in [3.63, 3.8) is 0 Å². The van der Waals surface area contributed by atoms with Gasteiger partial charge in [0.15, 0.2) is 0 Å². The van der Waals surface area contributed by atoms with Crippen LogP contribution in [0.2, 0.25) is 0 Å². The van der Waals surface area contributed by atoms with Gasteiger partial charge in [0.2, 0.25) is 0 Å². The topological polar surface area (TPSA) is 43.4 Å². The molecule has 0 fully saturated rings. The summed E-state index contributed by atoms with van der Waals surface area (Å²) < 4.78 is 1.10. The molecule has 0 unspecified atom stereocenters. The smallest absolute Gasteiger partial charge is 0.0715 e. The molecule has 4 atom stereocenters. The van der Waals surface area contributed by atoms with E-state index in [1.807, 2.05) is 12.1 Å². The Labute approximate surface area is 193 Å². The van der Waals surface area contributed by atoms with Gasteiger partial charge in [-0.05, 0) is 77.6 Å². The molecular weight excluding hydrogens is 450 g/mol. The second-order valence-electron chi connectivity index (χ2n) is 9.32. The molecule has 2 aliphatic heterocycles. The number of unbranched alkanes of at least 4 members (excludes halogenated alkanes) is 2. The minimum absolute atomic E-state index is 0.271. The van der Waals surface area contributed by atoms with E-state index in [0.29, 0.717) is 23.4 Å². The summed E-state index contributed by atoms with van der Waals surface area (Å²) in [4.78, 5) is 14.5. The number of allylic oxidation sites excluding steroid dienone is 2. The highest BCUT2D eigenvalue weighted by Crippen LogP contribution is 2.57. The monoisotopic (exact) mass is 478 g/mol. The van der Waals surface area contributed by atoms with Crippen molar-refractivity contribution in [3.8, 4) is 0 Å². The number of fused-ring (bicyclic) bond motifs is 2. The van der Waals surface area contributed by atoms with Crippen LogP contribution in [-0.2, 0) is 0 Å². The molecule has 3 nitrogen and oxygen atoms in total. The number of benzene rings is 2. The SMILES string of the molecule is CCCCC[C@H]1CCN2c3c1cc(C(=O)[O-])cc3[C@@H]1C=CC[C@@H]1[C@@H]2c1ccc(Br)cc1. The second-order valence-corrected chi connectivity index (χ2v) is 10.2. The fraction of sp³-hybridized carbons (Fsp3) is 0.444. The number of rotatable bonds is 6. The van der Waals surface area contributed by atoms with E-state index in [0.717, 1.165) is 30.3 Å². The van der Waals surface area contributed by atoms with E-state index in [2.05, 4.69) is 64.2 Å². The molecule has 4 heteroatoms. The summed E-state index contributed by atoms with van der Waals surface area (Å²) in [7, 11) is 0.